The lowest BCUT2D eigenvalue weighted by molar-refractivity contribution is 0.171. The van der Waals surface area contributed by atoms with E-state index in [1.807, 2.05) is 18.2 Å². The van der Waals surface area contributed by atoms with Crippen LogP contribution >= 0.6 is 0 Å². The minimum Gasteiger partial charge on any atom is -0.342 e. The molecular weight excluding hydrogens is 328 g/mol. The molecule has 7 heteroatoms. The van der Waals surface area contributed by atoms with Crippen LogP contribution in [0.2, 0.25) is 0 Å². The quantitative estimate of drug-likeness (QED) is 0.824. The number of allylic oxidation sites excluding steroid dienone is 1. The zero-order valence-corrected chi connectivity index (χ0v) is 14.5. The molecular formula is C19H20N6O. The summed E-state index contributed by atoms with van der Waals surface area (Å²) in [5, 5.41) is 9.38. The molecule has 0 unspecified atom stereocenters. The molecule has 1 fully saturated rings. The lowest BCUT2D eigenvalue weighted by Gasteiger charge is -2.41. The Morgan fingerprint density at radius 2 is 1.96 bits per heavy atom. The summed E-state index contributed by atoms with van der Waals surface area (Å²) < 4.78 is 0. The number of piperidine rings is 1. The fourth-order valence-corrected chi connectivity index (χ4v) is 3.47. The maximum Gasteiger partial charge on any atom is 0.334 e. The van der Waals surface area contributed by atoms with Crippen molar-refractivity contribution in [1.29, 1.82) is 5.26 Å². The Labute approximate surface area is 152 Å². The van der Waals surface area contributed by atoms with Gasteiger partial charge in [-0.15, -0.1) is 0 Å². The van der Waals surface area contributed by atoms with E-state index >= 15 is 0 Å². The monoisotopic (exact) mass is 348 g/mol. The number of aliphatic imine (C=N–C) groups is 2. The molecule has 0 bridgehead atoms. The van der Waals surface area contributed by atoms with Crippen LogP contribution in [0.15, 0.2) is 46.1 Å². The van der Waals surface area contributed by atoms with Crippen LogP contribution in [0.5, 0.6) is 0 Å². The van der Waals surface area contributed by atoms with Gasteiger partial charge in [0.25, 0.3) is 0 Å². The predicted molar refractivity (Wildman–Crippen MR) is 98.2 cm³/mol. The Morgan fingerprint density at radius 3 is 2.77 bits per heavy atom. The number of nitriles is 1. The van der Waals surface area contributed by atoms with Crippen LogP contribution in [0.25, 0.3) is 0 Å². The molecule has 3 aliphatic rings. The molecule has 0 atom stereocenters. The molecule has 7 nitrogen and oxygen atoms in total. The first-order valence-electron chi connectivity index (χ1n) is 8.89. The van der Waals surface area contributed by atoms with Crippen LogP contribution in [0, 0.1) is 11.3 Å². The van der Waals surface area contributed by atoms with Gasteiger partial charge in [-0.2, -0.15) is 10.3 Å². The largest absolute Gasteiger partial charge is 0.342 e. The number of urea groups is 1. The second kappa shape index (κ2) is 7.00. The van der Waals surface area contributed by atoms with E-state index in [-0.39, 0.29) is 12.7 Å². The van der Waals surface area contributed by atoms with Gasteiger partial charge in [-0.25, -0.2) is 4.79 Å². The highest BCUT2D eigenvalue weighted by atomic mass is 16.2. The molecule has 132 valence electrons. The molecule has 1 aromatic rings. The van der Waals surface area contributed by atoms with Gasteiger partial charge in [0.15, 0.2) is 0 Å². The van der Waals surface area contributed by atoms with E-state index in [2.05, 4.69) is 16.0 Å². The summed E-state index contributed by atoms with van der Waals surface area (Å²) in [4.78, 5) is 27.5. The minimum atomic E-state index is -0.142. The third kappa shape index (κ3) is 2.94. The van der Waals surface area contributed by atoms with Crippen molar-refractivity contribution in [3.8, 4) is 6.07 Å². The molecule has 0 spiro atoms. The lowest BCUT2D eigenvalue weighted by atomic mass is 10.1. The summed E-state index contributed by atoms with van der Waals surface area (Å²) in [6.07, 6.45) is 6.86. The number of guanidine groups is 1. The number of amides is 2. The van der Waals surface area contributed by atoms with Gasteiger partial charge < -0.3 is 4.90 Å². The number of carbonyl (C=O) groups excluding carboxylic acids is 1. The van der Waals surface area contributed by atoms with Crippen LogP contribution in [-0.4, -0.2) is 52.7 Å². The number of rotatable bonds is 2. The highest BCUT2D eigenvalue weighted by Gasteiger charge is 2.36. The van der Waals surface area contributed by atoms with Gasteiger partial charge in [-0.3, -0.25) is 14.8 Å². The Balaban J connectivity index is 1.72. The number of benzene rings is 1. The van der Waals surface area contributed by atoms with Crippen molar-refractivity contribution in [1.82, 2.24) is 14.7 Å². The maximum atomic E-state index is 13.2. The third-order valence-electron chi connectivity index (χ3n) is 4.85. The summed E-state index contributed by atoms with van der Waals surface area (Å²) in [5.74, 6) is 1.32. The average molecular weight is 348 g/mol. The van der Waals surface area contributed by atoms with Gasteiger partial charge in [-0.1, -0.05) is 18.2 Å². The molecule has 4 rings (SSSR count). The molecule has 0 aromatic heterocycles. The summed E-state index contributed by atoms with van der Waals surface area (Å²) >= 11 is 0. The summed E-state index contributed by atoms with van der Waals surface area (Å²) in [7, 11) is 0. The van der Waals surface area contributed by atoms with Crippen molar-refractivity contribution in [2.45, 2.75) is 25.8 Å². The lowest BCUT2D eigenvalue weighted by Crippen LogP contribution is -2.56. The topological polar surface area (TPSA) is 75.3 Å². The first kappa shape index (κ1) is 16.3. The average Bonchev–Trinajstić information content (AvgIpc) is 2.71. The number of hydrogen-bond acceptors (Lipinski definition) is 5. The summed E-state index contributed by atoms with van der Waals surface area (Å²) in [5.41, 5.74) is 1.40. The molecule has 0 saturated carbocycles. The predicted octanol–water partition coefficient (Wildman–Crippen LogP) is 2.52. The smallest absolute Gasteiger partial charge is 0.334 e. The van der Waals surface area contributed by atoms with Gasteiger partial charge in [0.05, 0.1) is 18.2 Å². The highest BCUT2D eigenvalue weighted by molar-refractivity contribution is 6.00. The van der Waals surface area contributed by atoms with Crippen LogP contribution in [-0.2, 0) is 6.54 Å². The van der Waals surface area contributed by atoms with Gasteiger partial charge in [-0.05, 0) is 37.0 Å². The van der Waals surface area contributed by atoms with Gasteiger partial charge in [0.2, 0.25) is 5.96 Å². The molecule has 0 radical (unpaired) electrons. The van der Waals surface area contributed by atoms with Crippen molar-refractivity contribution in [2.24, 2.45) is 9.98 Å². The van der Waals surface area contributed by atoms with E-state index in [1.165, 1.54) is 6.42 Å². The van der Waals surface area contributed by atoms with Crippen LogP contribution in [0.4, 0.5) is 4.79 Å². The standard InChI is InChI=1S/C19H20N6O/c20-12-15-6-2-3-7-16(15)13-24-18(23-10-4-1-5-11-23)22-17-8-9-21-14-25(17)19(24)26/h2-3,6-9H,1,4-5,10-11,13-14H2. The molecule has 1 aromatic carbocycles. The Hall–Kier alpha value is -3.14. The second-order valence-electron chi connectivity index (χ2n) is 6.52. The zero-order chi connectivity index (χ0) is 17.9. The van der Waals surface area contributed by atoms with Gasteiger partial charge in [0, 0.05) is 19.3 Å². The van der Waals surface area contributed by atoms with Crippen molar-refractivity contribution in [3.05, 3.63) is 47.3 Å². The van der Waals surface area contributed by atoms with Crippen LogP contribution in [0.3, 0.4) is 0 Å². The Bertz CT molecular complexity index is 844. The fraction of sp³-hybridized carbons (Fsp3) is 0.368. The van der Waals surface area contributed by atoms with E-state index in [4.69, 9.17) is 4.99 Å². The van der Waals surface area contributed by atoms with Crippen molar-refractivity contribution >= 4 is 18.2 Å². The van der Waals surface area contributed by atoms with E-state index in [1.54, 1.807) is 28.2 Å². The minimum absolute atomic E-state index is 0.142. The molecule has 26 heavy (non-hydrogen) atoms. The highest BCUT2D eigenvalue weighted by Crippen LogP contribution is 2.25. The molecule has 3 heterocycles. The first-order valence-corrected chi connectivity index (χ1v) is 8.89. The normalized spacial score (nSPS) is 19.7. The molecule has 0 N–H and O–H groups in total. The van der Waals surface area contributed by atoms with E-state index < -0.39 is 0 Å². The number of hydrogen-bond donors (Lipinski definition) is 0. The van der Waals surface area contributed by atoms with E-state index in [0.717, 1.165) is 31.5 Å². The van der Waals surface area contributed by atoms with Gasteiger partial charge in [0.1, 0.15) is 12.5 Å². The number of carbonyl (C=O) groups is 1. The molecule has 3 aliphatic heterocycles. The summed E-state index contributed by atoms with van der Waals surface area (Å²) in [6.45, 7) is 2.39. The second-order valence-corrected chi connectivity index (χ2v) is 6.52. The van der Waals surface area contributed by atoms with Crippen molar-refractivity contribution < 1.29 is 4.79 Å². The molecule has 2 amide bonds. The Kier molecular flexibility index (Phi) is 4.40. The molecule has 0 aliphatic carbocycles. The van der Waals surface area contributed by atoms with Crippen LogP contribution < -0.4 is 0 Å². The van der Waals surface area contributed by atoms with E-state index in [9.17, 15) is 10.1 Å². The zero-order valence-electron chi connectivity index (χ0n) is 14.5. The van der Waals surface area contributed by atoms with E-state index in [0.29, 0.717) is 23.9 Å². The van der Waals surface area contributed by atoms with Crippen molar-refractivity contribution in [2.75, 3.05) is 19.8 Å². The SMILES string of the molecule is N#Cc1ccccc1CN1C(=O)N2CN=CC=C2N=C1N1CCCCC1. The summed E-state index contributed by atoms with van der Waals surface area (Å²) in [6, 6.07) is 9.45. The number of nitrogens with zero attached hydrogens (tertiary/aromatic N) is 6. The maximum absolute atomic E-state index is 13.2. The van der Waals surface area contributed by atoms with Crippen molar-refractivity contribution in [3.63, 3.8) is 0 Å². The first-order chi connectivity index (χ1) is 12.8. The number of fused-ring (bicyclic) bond motifs is 1. The Morgan fingerprint density at radius 1 is 1.15 bits per heavy atom. The number of likely N-dealkylation sites (tertiary alicyclic amines) is 1. The van der Waals surface area contributed by atoms with Crippen LogP contribution in [0.1, 0.15) is 30.4 Å². The third-order valence-corrected chi connectivity index (χ3v) is 4.85. The fourth-order valence-electron chi connectivity index (χ4n) is 3.47. The molecule has 1 saturated heterocycles. The van der Waals surface area contributed by atoms with Gasteiger partial charge >= 0.3 is 6.03 Å².